The molecule has 0 amide bonds. The van der Waals surface area contributed by atoms with E-state index in [1.165, 1.54) is 32.1 Å². The Hall–Kier alpha value is -0.120. The second-order valence-electron chi connectivity index (χ2n) is 4.28. The average molecular weight is 230 g/mol. The Bertz CT molecular complexity index is 131. The van der Waals surface area contributed by atoms with E-state index in [9.17, 15) is 0 Å². The summed E-state index contributed by atoms with van der Waals surface area (Å²) in [5.74, 6) is 0. The highest BCUT2D eigenvalue weighted by Crippen LogP contribution is 2.03. The molecule has 0 radical (unpaired) electrons. The molecule has 0 aliphatic rings. The summed E-state index contributed by atoms with van der Waals surface area (Å²) in [4.78, 5) is 0. The Morgan fingerprint density at radius 1 is 1.06 bits per heavy atom. The van der Waals surface area contributed by atoms with Crippen LogP contribution in [0.2, 0.25) is 0 Å². The highest BCUT2D eigenvalue weighted by atomic mass is 16.5. The maximum atomic E-state index is 5.77. The highest BCUT2D eigenvalue weighted by molar-refractivity contribution is 4.54. The molecule has 98 valence electrons. The lowest BCUT2D eigenvalue weighted by molar-refractivity contribution is 0.0251. The van der Waals surface area contributed by atoms with Crippen molar-refractivity contribution in [2.75, 3.05) is 19.7 Å². The lowest BCUT2D eigenvalue weighted by Gasteiger charge is -2.17. The summed E-state index contributed by atoms with van der Waals surface area (Å²) in [5, 5.41) is 3.37. The molecule has 1 unspecified atom stereocenters. The van der Waals surface area contributed by atoms with Gasteiger partial charge >= 0.3 is 0 Å². The predicted octanol–water partition coefficient (Wildman–Crippen LogP) is 2.65. The molecular formula is C13H30N2O. The molecule has 3 nitrogen and oxygen atoms in total. The number of nitrogens with one attached hydrogen (secondary N) is 1. The number of nitrogens with two attached hydrogens (primary N) is 1. The first-order valence-corrected chi connectivity index (χ1v) is 6.90. The van der Waals surface area contributed by atoms with Gasteiger partial charge in [0.05, 0.1) is 0 Å². The van der Waals surface area contributed by atoms with E-state index in [1.807, 2.05) is 0 Å². The fourth-order valence-corrected chi connectivity index (χ4v) is 1.62. The quantitative estimate of drug-likeness (QED) is 0.400. The summed E-state index contributed by atoms with van der Waals surface area (Å²) in [5.41, 5.74) is 5.44. The zero-order valence-corrected chi connectivity index (χ0v) is 11.1. The third kappa shape index (κ3) is 10.4. The Kier molecular flexibility index (Phi) is 12.9. The predicted molar refractivity (Wildman–Crippen MR) is 70.5 cm³/mol. The molecule has 0 saturated heterocycles. The lowest BCUT2D eigenvalue weighted by atomic mass is 10.2. The number of rotatable bonds is 12. The molecule has 0 aliphatic carbocycles. The summed E-state index contributed by atoms with van der Waals surface area (Å²) in [6, 6.07) is 0. The zero-order valence-electron chi connectivity index (χ0n) is 11.1. The molecule has 0 rings (SSSR count). The fraction of sp³-hybridized carbons (Fsp3) is 1.00. The van der Waals surface area contributed by atoms with Crippen molar-refractivity contribution in [1.82, 2.24) is 5.32 Å². The van der Waals surface area contributed by atoms with Crippen LogP contribution in [-0.4, -0.2) is 25.9 Å². The van der Waals surface area contributed by atoms with Crippen molar-refractivity contribution >= 4 is 0 Å². The Labute approximate surface area is 101 Å². The van der Waals surface area contributed by atoms with Gasteiger partial charge in [-0.3, -0.25) is 5.32 Å². The van der Waals surface area contributed by atoms with Gasteiger partial charge < -0.3 is 10.5 Å². The van der Waals surface area contributed by atoms with Crippen LogP contribution in [-0.2, 0) is 4.74 Å². The van der Waals surface area contributed by atoms with Gasteiger partial charge in [0, 0.05) is 6.61 Å². The van der Waals surface area contributed by atoms with Crippen LogP contribution < -0.4 is 11.1 Å². The number of ether oxygens (including phenoxy) is 1. The van der Waals surface area contributed by atoms with Gasteiger partial charge in [-0.2, -0.15) is 0 Å². The summed E-state index contributed by atoms with van der Waals surface area (Å²) in [6.45, 7) is 6.99. The van der Waals surface area contributed by atoms with Gasteiger partial charge in [-0.1, -0.05) is 39.5 Å². The fourth-order valence-electron chi connectivity index (χ4n) is 1.62. The molecule has 0 aromatic carbocycles. The first kappa shape index (κ1) is 15.9. The Morgan fingerprint density at radius 2 is 1.81 bits per heavy atom. The van der Waals surface area contributed by atoms with E-state index in [0.717, 1.165) is 32.5 Å². The van der Waals surface area contributed by atoms with Crippen LogP contribution in [0.5, 0.6) is 0 Å². The van der Waals surface area contributed by atoms with E-state index in [1.54, 1.807) is 0 Å². The van der Waals surface area contributed by atoms with Crippen LogP contribution in [0.1, 0.15) is 58.8 Å². The monoisotopic (exact) mass is 230 g/mol. The summed E-state index contributed by atoms with van der Waals surface area (Å²) in [7, 11) is 0. The van der Waals surface area contributed by atoms with Crippen molar-refractivity contribution < 1.29 is 4.74 Å². The van der Waals surface area contributed by atoms with Crippen LogP contribution in [0, 0.1) is 0 Å². The smallest absolute Gasteiger partial charge is 0.107 e. The first-order valence-electron chi connectivity index (χ1n) is 6.90. The maximum absolute atomic E-state index is 5.77. The zero-order chi connectivity index (χ0) is 12.1. The number of unbranched alkanes of at least 4 members (excludes halogenated alkanes) is 4. The second-order valence-corrected chi connectivity index (χ2v) is 4.28. The Balaban J connectivity index is 3.26. The third-order valence-electron chi connectivity index (χ3n) is 2.69. The first-order chi connectivity index (χ1) is 7.85. The molecule has 0 aromatic heterocycles. The normalized spacial score (nSPS) is 12.9. The van der Waals surface area contributed by atoms with Crippen molar-refractivity contribution in [3.8, 4) is 0 Å². The van der Waals surface area contributed by atoms with Crippen molar-refractivity contribution in [2.45, 2.75) is 65.0 Å². The van der Waals surface area contributed by atoms with Crippen molar-refractivity contribution in [3.05, 3.63) is 0 Å². The molecule has 0 spiro atoms. The van der Waals surface area contributed by atoms with Crippen molar-refractivity contribution in [3.63, 3.8) is 0 Å². The highest BCUT2D eigenvalue weighted by Gasteiger charge is 2.03. The average Bonchev–Trinajstić information content (AvgIpc) is 2.31. The minimum atomic E-state index is 0.220. The molecule has 0 aromatic rings. The minimum absolute atomic E-state index is 0.220. The van der Waals surface area contributed by atoms with Gasteiger partial charge in [0.2, 0.25) is 0 Å². The van der Waals surface area contributed by atoms with Crippen LogP contribution in [0.15, 0.2) is 0 Å². The van der Waals surface area contributed by atoms with Crippen molar-refractivity contribution in [2.24, 2.45) is 5.73 Å². The van der Waals surface area contributed by atoms with Crippen molar-refractivity contribution in [1.29, 1.82) is 0 Å². The van der Waals surface area contributed by atoms with Crippen LogP contribution in [0.4, 0.5) is 0 Å². The van der Waals surface area contributed by atoms with Gasteiger partial charge in [0.25, 0.3) is 0 Å². The SMILES string of the molecule is CCCCCCCOC(CC)NCCCN. The van der Waals surface area contributed by atoms with Gasteiger partial charge in [-0.25, -0.2) is 0 Å². The second kappa shape index (κ2) is 12.9. The number of hydrogen-bond acceptors (Lipinski definition) is 3. The molecule has 0 heterocycles. The Morgan fingerprint density at radius 3 is 2.44 bits per heavy atom. The maximum Gasteiger partial charge on any atom is 0.107 e. The molecule has 3 N–H and O–H groups in total. The van der Waals surface area contributed by atoms with Crippen LogP contribution in [0.25, 0.3) is 0 Å². The minimum Gasteiger partial charge on any atom is -0.363 e. The molecule has 0 aliphatic heterocycles. The van der Waals surface area contributed by atoms with E-state index in [2.05, 4.69) is 19.2 Å². The molecule has 0 saturated carbocycles. The van der Waals surface area contributed by atoms with E-state index >= 15 is 0 Å². The van der Waals surface area contributed by atoms with Gasteiger partial charge in [-0.15, -0.1) is 0 Å². The summed E-state index contributed by atoms with van der Waals surface area (Å²) in [6.07, 6.45) is 8.76. The molecule has 0 bridgehead atoms. The van der Waals surface area contributed by atoms with Crippen LogP contribution in [0.3, 0.4) is 0 Å². The molecule has 0 fully saturated rings. The topological polar surface area (TPSA) is 47.3 Å². The van der Waals surface area contributed by atoms with Gasteiger partial charge in [0.1, 0.15) is 6.23 Å². The van der Waals surface area contributed by atoms with Crippen LogP contribution >= 0.6 is 0 Å². The van der Waals surface area contributed by atoms with E-state index in [4.69, 9.17) is 10.5 Å². The summed E-state index contributed by atoms with van der Waals surface area (Å²) >= 11 is 0. The largest absolute Gasteiger partial charge is 0.363 e. The van der Waals surface area contributed by atoms with Gasteiger partial charge in [-0.05, 0) is 32.4 Å². The third-order valence-corrected chi connectivity index (χ3v) is 2.69. The number of hydrogen-bond donors (Lipinski definition) is 2. The van der Waals surface area contributed by atoms with E-state index < -0.39 is 0 Å². The molecule has 3 heteroatoms. The summed E-state index contributed by atoms with van der Waals surface area (Å²) < 4.78 is 5.77. The standard InChI is InChI=1S/C13H30N2O/c1-3-5-6-7-8-12-16-13(4-2)15-11-9-10-14/h13,15H,3-12,14H2,1-2H3. The van der Waals surface area contributed by atoms with Gasteiger partial charge in [0.15, 0.2) is 0 Å². The lowest BCUT2D eigenvalue weighted by Crippen LogP contribution is -2.33. The van der Waals surface area contributed by atoms with E-state index in [0.29, 0.717) is 0 Å². The molecule has 16 heavy (non-hydrogen) atoms. The molecule has 1 atom stereocenters. The van der Waals surface area contributed by atoms with E-state index in [-0.39, 0.29) is 6.23 Å². The molecular weight excluding hydrogens is 200 g/mol.